The molecule has 8 rings (SSSR count). The van der Waals surface area contributed by atoms with Crippen LogP contribution in [0.25, 0.3) is 10.8 Å². The van der Waals surface area contributed by atoms with Crippen molar-refractivity contribution in [3.8, 4) is 17.2 Å². The number of benzene rings is 5. The van der Waals surface area contributed by atoms with Crippen LogP contribution in [0.5, 0.6) is 17.2 Å². The zero-order valence-corrected chi connectivity index (χ0v) is 44.1. The topological polar surface area (TPSA) is 119 Å². The Labute approximate surface area is 444 Å². The fourth-order valence-corrected chi connectivity index (χ4v) is 11.8. The Balaban J connectivity index is 1.23. The summed E-state index contributed by atoms with van der Waals surface area (Å²) < 4.78 is 42.3. The number of unbranched alkanes of at least 4 members (excludes halogenated alkanes) is 11. The van der Waals surface area contributed by atoms with Crippen LogP contribution in [0.1, 0.15) is 139 Å². The van der Waals surface area contributed by atoms with Gasteiger partial charge in [0.25, 0.3) is 0 Å². The van der Waals surface area contributed by atoms with Gasteiger partial charge in [0.2, 0.25) is 5.79 Å². The Morgan fingerprint density at radius 2 is 1.45 bits per heavy atom. The Morgan fingerprint density at radius 3 is 2.19 bits per heavy atom. The first-order chi connectivity index (χ1) is 36.8. The molecule has 1 saturated carbocycles. The van der Waals surface area contributed by atoms with Crippen molar-refractivity contribution >= 4 is 22.6 Å². The summed E-state index contributed by atoms with van der Waals surface area (Å²) in [6.45, 7) is 7.17. The summed E-state index contributed by atoms with van der Waals surface area (Å²) in [5.41, 5.74) is 4.21. The Bertz CT molecular complexity index is 2640. The molecule has 6 atom stereocenters. The number of aliphatic hydroxyl groups is 2. The van der Waals surface area contributed by atoms with Gasteiger partial charge in [0, 0.05) is 37.7 Å². The minimum absolute atomic E-state index is 0.00773. The van der Waals surface area contributed by atoms with E-state index in [1.165, 1.54) is 50.7 Å². The zero-order chi connectivity index (χ0) is 52.2. The molecular weight excluding hydrogens is 944 g/mol. The molecule has 1 heterocycles. The van der Waals surface area contributed by atoms with E-state index >= 15 is 4.79 Å². The minimum atomic E-state index is -1.52. The highest BCUT2D eigenvalue weighted by molar-refractivity contribution is 6.03. The van der Waals surface area contributed by atoms with Crippen molar-refractivity contribution in [2.24, 2.45) is 22.9 Å². The largest absolute Gasteiger partial charge is 0.459 e. The molecule has 75 heavy (non-hydrogen) atoms. The van der Waals surface area contributed by atoms with Gasteiger partial charge in [0.05, 0.1) is 24.8 Å². The number of aliphatic hydroxyl groups excluding tert-OH is 2. The SMILES string of the molecule is C=CCOC12Oc3ccc(Oc4ccc5ccccc5c4)cc3C3C(CCCCO)C(CCCCO)C=C(C(=NOCc4ccccc4)CC1N(Cc1ccc(F)cc1)C(=O)OCCCCCCCCCCCC)C32. The fourth-order valence-electron chi connectivity index (χ4n) is 11.8. The lowest BCUT2D eigenvalue weighted by atomic mass is 9.55. The number of amides is 1. The van der Waals surface area contributed by atoms with Crippen LogP contribution in [0.2, 0.25) is 0 Å². The molecule has 5 aromatic rings. The number of fused-ring (bicyclic) bond motifs is 3. The van der Waals surface area contributed by atoms with Crippen molar-refractivity contribution in [3.63, 3.8) is 0 Å². The van der Waals surface area contributed by atoms with Gasteiger partial charge in [-0.25, -0.2) is 9.18 Å². The summed E-state index contributed by atoms with van der Waals surface area (Å²) >= 11 is 0. The zero-order valence-electron chi connectivity index (χ0n) is 44.1. The first kappa shape index (κ1) is 55.2. The van der Waals surface area contributed by atoms with Crippen LogP contribution in [0, 0.1) is 23.6 Å². The predicted octanol–water partition coefficient (Wildman–Crippen LogP) is 15.2. The van der Waals surface area contributed by atoms with Crippen molar-refractivity contribution in [1.82, 2.24) is 4.90 Å². The predicted molar refractivity (Wildman–Crippen MR) is 295 cm³/mol. The molecule has 0 spiro atoms. The molecule has 11 heteroatoms. The van der Waals surface area contributed by atoms with Gasteiger partial charge >= 0.3 is 6.09 Å². The monoisotopic (exact) mass is 1020 g/mol. The van der Waals surface area contributed by atoms with Crippen LogP contribution in [-0.4, -0.2) is 65.2 Å². The molecular formula is C64H79FN2O8. The smallest absolute Gasteiger partial charge is 0.410 e. The maximum atomic E-state index is 15.2. The van der Waals surface area contributed by atoms with Gasteiger partial charge < -0.3 is 34.0 Å². The molecule has 400 valence electrons. The van der Waals surface area contributed by atoms with E-state index < -0.39 is 23.8 Å². The number of hydrogen-bond donors (Lipinski definition) is 2. The third-order valence-corrected chi connectivity index (χ3v) is 15.5. The number of hydrogen-bond acceptors (Lipinski definition) is 9. The van der Waals surface area contributed by atoms with E-state index in [1.54, 1.807) is 23.1 Å². The molecule has 6 unspecified atom stereocenters. The van der Waals surface area contributed by atoms with E-state index in [1.807, 2.05) is 66.7 Å². The Kier molecular flexibility index (Phi) is 20.8. The van der Waals surface area contributed by atoms with E-state index in [0.717, 1.165) is 78.8 Å². The molecule has 1 fully saturated rings. The number of nitrogens with zero attached hydrogens (tertiary/aromatic N) is 2. The number of oxime groups is 1. The standard InChI is InChI=1S/C64H79FN2O8/c1-3-5-6-7-8-9-10-11-12-22-40-71-63(70)67(45-47-29-32-52(65)33-30-47)60-44-58(66-73-46-48-23-14-13-15-24-48)56-42-51(27-18-20-37-68)55(28-19-21-38-69)61-57-43-54(74-53-34-31-49-25-16-17-26-50(49)41-53)35-36-59(57)75-64(60,62(56)61)72-39-4-2/h4,13-17,23-26,29-36,41-43,51,55,60-62,68-69H,2-3,5-12,18-22,27-28,37-40,44-46H2,1H3. The number of allylic oxidation sites excluding steroid dienone is 1. The van der Waals surface area contributed by atoms with E-state index in [0.29, 0.717) is 41.4 Å². The average molecular weight is 1020 g/mol. The molecule has 2 aliphatic carbocycles. The lowest BCUT2D eigenvalue weighted by molar-refractivity contribution is -0.256. The average Bonchev–Trinajstić information content (AvgIpc) is 3.43. The quantitative estimate of drug-likeness (QED) is 0.0265. The number of rotatable bonds is 30. The number of carbonyl (C=O) groups is 1. The van der Waals surface area contributed by atoms with Crippen LogP contribution in [0.4, 0.5) is 9.18 Å². The Hall–Kier alpha value is -6.01. The maximum absolute atomic E-state index is 15.2. The van der Waals surface area contributed by atoms with Crippen molar-refractivity contribution in [3.05, 3.63) is 162 Å². The van der Waals surface area contributed by atoms with Crippen molar-refractivity contribution in [1.29, 1.82) is 0 Å². The van der Waals surface area contributed by atoms with Crippen molar-refractivity contribution in [2.45, 2.75) is 147 Å². The van der Waals surface area contributed by atoms with Crippen LogP contribution >= 0.6 is 0 Å². The van der Waals surface area contributed by atoms with Gasteiger partial charge in [-0.3, -0.25) is 4.90 Å². The van der Waals surface area contributed by atoms with Crippen molar-refractivity contribution < 1.29 is 43.2 Å². The van der Waals surface area contributed by atoms with E-state index in [4.69, 9.17) is 28.9 Å². The highest BCUT2D eigenvalue weighted by Gasteiger charge is 2.65. The van der Waals surface area contributed by atoms with Gasteiger partial charge in [-0.15, -0.1) is 6.58 Å². The highest BCUT2D eigenvalue weighted by atomic mass is 19.1. The molecule has 0 aromatic heterocycles. The second-order valence-electron chi connectivity index (χ2n) is 20.7. The van der Waals surface area contributed by atoms with Crippen LogP contribution in [-0.2, 0) is 27.5 Å². The Morgan fingerprint density at radius 1 is 0.773 bits per heavy atom. The van der Waals surface area contributed by atoms with Gasteiger partial charge in [0.1, 0.15) is 35.7 Å². The number of ether oxygens (including phenoxy) is 4. The van der Waals surface area contributed by atoms with E-state index in [9.17, 15) is 14.6 Å². The molecule has 1 amide bonds. The highest BCUT2D eigenvalue weighted by Crippen LogP contribution is 2.62. The lowest BCUT2D eigenvalue weighted by Crippen LogP contribution is -2.70. The fraction of sp³-hybridized carbons (Fsp3) is 0.469. The molecule has 2 N–H and O–H groups in total. The summed E-state index contributed by atoms with van der Waals surface area (Å²) in [5.74, 6) is -0.695. The lowest BCUT2D eigenvalue weighted by Gasteiger charge is -2.59. The summed E-state index contributed by atoms with van der Waals surface area (Å²) in [5, 5.41) is 27.4. The van der Waals surface area contributed by atoms with Crippen LogP contribution in [0.15, 0.2) is 145 Å². The summed E-state index contributed by atoms with van der Waals surface area (Å²) in [6.07, 6.45) is 19.7. The minimum Gasteiger partial charge on any atom is -0.459 e. The summed E-state index contributed by atoms with van der Waals surface area (Å²) in [7, 11) is 0. The summed E-state index contributed by atoms with van der Waals surface area (Å²) in [4.78, 5) is 23.2. The number of carbonyl (C=O) groups excluding carboxylic acids is 1. The second-order valence-corrected chi connectivity index (χ2v) is 20.7. The molecule has 1 aliphatic heterocycles. The molecule has 10 nitrogen and oxygen atoms in total. The summed E-state index contributed by atoms with van der Waals surface area (Å²) in [6, 6.07) is 35.6. The first-order valence-corrected chi connectivity index (χ1v) is 27.9. The molecule has 0 saturated heterocycles. The van der Waals surface area contributed by atoms with Gasteiger partial charge in [-0.1, -0.05) is 168 Å². The van der Waals surface area contributed by atoms with Crippen LogP contribution < -0.4 is 9.47 Å². The van der Waals surface area contributed by atoms with Crippen LogP contribution in [0.3, 0.4) is 0 Å². The molecule has 5 aromatic carbocycles. The third kappa shape index (κ3) is 14.3. The maximum Gasteiger partial charge on any atom is 0.410 e. The van der Waals surface area contributed by atoms with E-state index in [2.05, 4.69) is 43.8 Å². The molecule has 0 radical (unpaired) electrons. The van der Waals surface area contributed by atoms with Gasteiger partial charge in [-0.2, -0.15) is 0 Å². The van der Waals surface area contributed by atoms with Gasteiger partial charge in [-0.05, 0) is 114 Å². The first-order valence-electron chi connectivity index (χ1n) is 27.9. The third-order valence-electron chi connectivity index (χ3n) is 15.5. The second kappa shape index (κ2) is 28.2. The van der Waals surface area contributed by atoms with Gasteiger partial charge in [0.15, 0.2) is 0 Å². The molecule has 3 aliphatic rings. The molecule has 0 bridgehead atoms. The van der Waals surface area contributed by atoms with Crippen molar-refractivity contribution in [2.75, 3.05) is 26.4 Å². The normalized spacial score (nSPS) is 21.1. The van der Waals surface area contributed by atoms with E-state index in [-0.39, 0.29) is 69.6 Å². The number of halogens is 1.